The van der Waals surface area contributed by atoms with E-state index >= 15 is 0 Å². The summed E-state index contributed by atoms with van der Waals surface area (Å²) in [5, 5.41) is 1.44. The number of amides is 1. The molecule has 2 heterocycles. The number of likely N-dealkylation sites (N-methyl/N-ethyl adjacent to an activating group) is 1. The second-order valence-corrected chi connectivity index (χ2v) is 7.06. The number of alkyl halides is 3. The summed E-state index contributed by atoms with van der Waals surface area (Å²) < 4.78 is 49.0. The molecule has 0 bridgehead atoms. The van der Waals surface area contributed by atoms with E-state index < -0.39 is 22.7 Å². The minimum Gasteiger partial charge on any atom is -0.490 e. The van der Waals surface area contributed by atoms with E-state index in [1.807, 2.05) is 0 Å². The van der Waals surface area contributed by atoms with Crippen LogP contribution in [0.2, 0.25) is 0 Å². The van der Waals surface area contributed by atoms with Crippen LogP contribution in [0.1, 0.15) is 31.2 Å². The van der Waals surface area contributed by atoms with Gasteiger partial charge in [-0.05, 0) is 26.2 Å². The zero-order valence-corrected chi connectivity index (χ0v) is 13.6. The molecule has 0 saturated carbocycles. The van der Waals surface area contributed by atoms with Gasteiger partial charge in [-0.15, -0.1) is 11.3 Å². The quantitative estimate of drug-likeness (QED) is 0.779. The monoisotopic (exact) mass is 337 g/mol. The van der Waals surface area contributed by atoms with Gasteiger partial charge in [-0.25, -0.2) is 4.79 Å². The average molecular weight is 337 g/mol. The van der Waals surface area contributed by atoms with Crippen molar-refractivity contribution in [3.8, 4) is 5.75 Å². The number of nitrogens with zero attached hydrogens (tertiary/aromatic N) is 1. The van der Waals surface area contributed by atoms with Crippen molar-refractivity contribution in [2.45, 2.75) is 45.0 Å². The predicted octanol–water partition coefficient (Wildman–Crippen LogP) is 3.94. The number of thiophene rings is 1. The maximum atomic E-state index is 12.8. The first-order chi connectivity index (χ1) is 9.99. The molecule has 124 valence electrons. The average Bonchev–Trinajstić information content (AvgIpc) is 2.78. The number of fused-ring (bicyclic) bond motifs is 1. The van der Waals surface area contributed by atoms with Crippen LogP contribution < -0.4 is 4.74 Å². The molecule has 1 aliphatic heterocycles. The van der Waals surface area contributed by atoms with Gasteiger partial charge in [0.1, 0.15) is 18.0 Å². The smallest absolute Gasteiger partial charge is 0.429 e. The third-order valence-electron chi connectivity index (χ3n) is 3.18. The van der Waals surface area contributed by atoms with Gasteiger partial charge in [0.05, 0.1) is 6.04 Å². The second-order valence-electron chi connectivity index (χ2n) is 6.18. The lowest BCUT2D eigenvalue weighted by Gasteiger charge is -2.33. The first-order valence-electron chi connectivity index (χ1n) is 6.75. The normalized spacial score (nSPS) is 18.4. The molecule has 0 fully saturated rings. The summed E-state index contributed by atoms with van der Waals surface area (Å²) >= 11 is 0.620. The molecule has 0 aliphatic carbocycles. The van der Waals surface area contributed by atoms with Crippen LogP contribution in [0.5, 0.6) is 5.75 Å². The zero-order valence-electron chi connectivity index (χ0n) is 12.8. The van der Waals surface area contributed by atoms with Gasteiger partial charge in [-0.3, -0.25) is 0 Å². The second kappa shape index (κ2) is 5.64. The van der Waals surface area contributed by atoms with Gasteiger partial charge in [0.25, 0.3) is 0 Å². The lowest BCUT2D eigenvalue weighted by molar-refractivity contribution is -0.135. The number of carbonyl (C=O) groups is 1. The van der Waals surface area contributed by atoms with Crippen LogP contribution in [0.15, 0.2) is 5.38 Å². The number of halogens is 3. The predicted molar refractivity (Wildman–Crippen MR) is 76.3 cm³/mol. The number of ether oxygens (including phenoxy) is 2. The molecule has 1 amide bonds. The summed E-state index contributed by atoms with van der Waals surface area (Å²) in [5.74, 6) is -0.105. The van der Waals surface area contributed by atoms with Gasteiger partial charge in [0, 0.05) is 19.0 Å². The number of hydrogen-bond acceptors (Lipinski definition) is 4. The molecule has 4 nitrogen and oxygen atoms in total. The molecule has 2 rings (SSSR count). The van der Waals surface area contributed by atoms with Gasteiger partial charge in [-0.1, -0.05) is 0 Å². The molecular weight excluding hydrogens is 319 g/mol. The Bertz CT molecular complexity index is 563. The van der Waals surface area contributed by atoms with Crippen LogP contribution in [-0.2, 0) is 17.3 Å². The van der Waals surface area contributed by atoms with E-state index in [1.54, 1.807) is 27.8 Å². The number of rotatable bonds is 1. The van der Waals surface area contributed by atoms with Gasteiger partial charge >= 0.3 is 12.3 Å². The van der Waals surface area contributed by atoms with Crippen molar-refractivity contribution in [2.24, 2.45) is 0 Å². The lowest BCUT2D eigenvalue weighted by Crippen LogP contribution is -2.46. The van der Waals surface area contributed by atoms with E-state index in [9.17, 15) is 18.0 Å². The molecular formula is C14H18F3NO3S. The first-order valence-corrected chi connectivity index (χ1v) is 7.63. The highest BCUT2D eigenvalue weighted by Gasteiger charge is 2.40. The first kappa shape index (κ1) is 16.9. The van der Waals surface area contributed by atoms with E-state index in [0.717, 1.165) is 0 Å². The van der Waals surface area contributed by atoms with E-state index in [2.05, 4.69) is 0 Å². The van der Waals surface area contributed by atoms with Crippen LogP contribution in [-0.4, -0.2) is 36.3 Å². The van der Waals surface area contributed by atoms with Crippen molar-refractivity contribution < 1.29 is 27.4 Å². The molecule has 22 heavy (non-hydrogen) atoms. The van der Waals surface area contributed by atoms with Gasteiger partial charge in [0.15, 0.2) is 4.88 Å². The summed E-state index contributed by atoms with van der Waals surface area (Å²) in [6.07, 6.45) is -4.62. The van der Waals surface area contributed by atoms with Gasteiger partial charge < -0.3 is 14.4 Å². The Labute approximate surface area is 130 Å². The summed E-state index contributed by atoms with van der Waals surface area (Å²) in [4.78, 5) is 12.7. The fourth-order valence-corrected chi connectivity index (χ4v) is 3.00. The Morgan fingerprint density at radius 1 is 1.41 bits per heavy atom. The molecule has 0 spiro atoms. The SMILES string of the molecule is CN(C(=O)OC(C)(C)C)C1COc2c(csc2C(F)(F)F)C1. The van der Waals surface area contributed by atoms with Crippen LogP contribution in [0.4, 0.5) is 18.0 Å². The Balaban J connectivity index is 2.10. The fourth-order valence-electron chi connectivity index (χ4n) is 2.10. The minimum absolute atomic E-state index is 0.0164. The molecule has 1 atom stereocenters. The van der Waals surface area contributed by atoms with Crippen molar-refractivity contribution in [1.82, 2.24) is 4.90 Å². The van der Waals surface area contributed by atoms with Gasteiger partial charge in [0.2, 0.25) is 0 Å². The van der Waals surface area contributed by atoms with Crippen LogP contribution >= 0.6 is 11.3 Å². The van der Waals surface area contributed by atoms with Crippen molar-refractivity contribution >= 4 is 17.4 Å². The largest absolute Gasteiger partial charge is 0.490 e. The van der Waals surface area contributed by atoms with E-state index in [0.29, 0.717) is 23.3 Å². The summed E-state index contributed by atoms with van der Waals surface area (Å²) in [5.41, 5.74) is -0.151. The Hall–Kier alpha value is -1.44. The molecule has 1 aromatic rings. The number of hydrogen-bond donors (Lipinski definition) is 0. The van der Waals surface area contributed by atoms with Crippen molar-refractivity contribution in [1.29, 1.82) is 0 Å². The highest BCUT2D eigenvalue weighted by molar-refractivity contribution is 7.10. The van der Waals surface area contributed by atoms with Crippen LogP contribution in [0.3, 0.4) is 0 Å². The van der Waals surface area contributed by atoms with Crippen molar-refractivity contribution in [3.05, 3.63) is 15.8 Å². The topological polar surface area (TPSA) is 38.8 Å². The molecule has 0 aromatic carbocycles. The molecule has 1 aromatic heterocycles. The fraction of sp³-hybridized carbons (Fsp3) is 0.643. The molecule has 0 N–H and O–H groups in total. The third kappa shape index (κ3) is 3.66. The van der Waals surface area contributed by atoms with Gasteiger partial charge in [-0.2, -0.15) is 13.2 Å². The maximum Gasteiger partial charge on any atom is 0.429 e. The van der Waals surface area contributed by atoms with E-state index in [1.165, 1.54) is 10.3 Å². The molecule has 8 heteroatoms. The summed E-state index contributed by atoms with van der Waals surface area (Å²) in [6.45, 7) is 5.27. The van der Waals surface area contributed by atoms with Crippen molar-refractivity contribution in [2.75, 3.05) is 13.7 Å². The van der Waals surface area contributed by atoms with E-state index in [4.69, 9.17) is 9.47 Å². The molecule has 1 unspecified atom stereocenters. The standard InChI is InChI=1S/C14H18F3NO3S/c1-13(2,3)21-12(19)18(4)9-5-8-7-22-11(14(15,16)17)10(8)20-6-9/h7,9H,5-6H2,1-4H3. The number of carbonyl (C=O) groups excluding carboxylic acids is 1. The highest BCUT2D eigenvalue weighted by atomic mass is 32.1. The van der Waals surface area contributed by atoms with Crippen LogP contribution in [0, 0.1) is 0 Å². The molecule has 1 aliphatic rings. The van der Waals surface area contributed by atoms with E-state index in [-0.39, 0.29) is 18.4 Å². The Morgan fingerprint density at radius 3 is 2.59 bits per heavy atom. The third-order valence-corrected chi connectivity index (χ3v) is 4.23. The minimum atomic E-state index is -4.41. The Morgan fingerprint density at radius 2 is 2.05 bits per heavy atom. The Kier molecular flexibility index (Phi) is 4.34. The maximum absolute atomic E-state index is 12.8. The highest BCUT2D eigenvalue weighted by Crippen LogP contribution is 2.44. The van der Waals surface area contributed by atoms with Crippen molar-refractivity contribution in [3.63, 3.8) is 0 Å². The van der Waals surface area contributed by atoms with Crippen LogP contribution in [0.25, 0.3) is 0 Å². The molecule has 0 saturated heterocycles. The summed E-state index contributed by atoms with van der Waals surface area (Å²) in [6, 6.07) is -0.349. The lowest BCUT2D eigenvalue weighted by atomic mass is 10.0. The summed E-state index contributed by atoms with van der Waals surface area (Å²) in [7, 11) is 1.56. The zero-order chi connectivity index (χ0) is 16.7. The molecule has 0 radical (unpaired) electrons.